The molecule has 1 aromatic rings. The van der Waals surface area contributed by atoms with Gasteiger partial charge in [0, 0.05) is 29.9 Å². The smallest absolute Gasteiger partial charge is 0.264 e. The molecule has 1 aliphatic carbocycles. The monoisotopic (exact) mass is 485 g/mol. The molecule has 3 rings (SSSR count). The van der Waals surface area contributed by atoms with Crippen molar-refractivity contribution < 1.29 is 22.8 Å². The van der Waals surface area contributed by atoms with Crippen LogP contribution in [-0.4, -0.2) is 42.4 Å². The summed E-state index contributed by atoms with van der Waals surface area (Å²) in [5, 5.41) is 5.21. The Bertz CT molecular complexity index is 771. The Morgan fingerprint density at radius 3 is 2.29 bits per heavy atom. The number of hydrogen-bond donors (Lipinski definition) is 2. The molecular formula is C26H42F3N3O2. The van der Waals surface area contributed by atoms with Gasteiger partial charge in [0.2, 0.25) is 12.3 Å². The second-order valence-corrected chi connectivity index (χ2v) is 9.95. The number of carbonyl (C=O) groups is 2. The summed E-state index contributed by atoms with van der Waals surface area (Å²) in [6.07, 6.45) is 4.01. The van der Waals surface area contributed by atoms with Gasteiger partial charge in [-0.25, -0.2) is 13.2 Å². The summed E-state index contributed by atoms with van der Waals surface area (Å²) < 4.78 is 36.8. The van der Waals surface area contributed by atoms with Crippen LogP contribution in [0, 0.1) is 17.2 Å². The van der Waals surface area contributed by atoms with E-state index in [2.05, 4.69) is 43.2 Å². The van der Waals surface area contributed by atoms with Crippen molar-refractivity contribution in [3.05, 3.63) is 29.6 Å². The minimum atomic E-state index is -2.75. The van der Waals surface area contributed by atoms with E-state index in [1.807, 2.05) is 13.8 Å². The Balaban J connectivity index is 0.000000337. The molecule has 0 radical (unpaired) electrons. The molecule has 1 aromatic carbocycles. The van der Waals surface area contributed by atoms with Crippen molar-refractivity contribution in [1.29, 1.82) is 0 Å². The van der Waals surface area contributed by atoms with E-state index < -0.39 is 17.8 Å². The predicted molar refractivity (Wildman–Crippen MR) is 131 cm³/mol. The molecule has 8 heteroatoms. The molecule has 1 saturated carbocycles. The predicted octanol–water partition coefficient (Wildman–Crippen LogP) is 6.16. The molecule has 0 atom stereocenters. The fraction of sp³-hybridized carbons (Fsp3) is 0.692. The minimum Gasteiger partial charge on any atom is -0.350 e. The second-order valence-electron chi connectivity index (χ2n) is 9.95. The van der Waals surface area contributed by atoms with E-state index in [1.165, 1.54) is 25.7 Å². The average molecular weight is 486 g/mol. The van der Waals surface area contributed by atoms with Crippen molar-refractivity contribution in [2.24, 2.45) is 11.3 Å². The molecule has 5 nitrogen and oxygen atoms in total. The van der Waals surface area contributed by atoms with Gasteiger partial charge >= 0.3 is 0 Å². The Morgan fingerprint density at radius 2 is 1.79 bits per heavy atom. The van der Waals surface area contributed by atoms with Gasteiger partial charge in [0.1, 0.15) is 5.82 Å². The number of nitrogens with zero attached hydrogens (tertiary/aromatic N) is 1. The van der Waals surface area contributed by atoms with E-state index in [0.29, 0.717) is 18.4 Å². The highest BCUT2D eigenvalue weighted by Crippen LogP contribution is 2.45. The van der Waals surface area contributed by atoms with Crippen molar-refractivity contribution in [3.63, 3.8) is 0 Å². The Hall–Kier alpha value is -2.09. The molecule has 34 heavy (non-hydrogen) atoms. The summed E-state index contributed by atoms with van der Waals surface area (Å²) in [6.45, 7) is 15.5. The molecule has 1 spiro atoms. The van der Waals surface area contributed by atoms with Crippen LogP contribution in [0.15, 0.2) is 18.2 Å². The Labute approximate surface area is 202 Å². The highest BCUT2D eigenvalue weighted by Gasteiger charge is 2.44. The maximum atomic E-state index is 12.6. The molecule has 1 saturated heterocycles. The number of halogens is 3. The third kappa shape index (κ3) is 9.65. The van der Waals surface area contributed by atoms with Crippen molar-refractivity contribution in [3.8, 4) is 0 Å². The molecule has 2 fully saturated rings. The average Bonchev–Trinajstić information content (AvgIpc) is 2.75. The van der Waals surface area contributed by atoms with Crippen LogP contribution in [0.2, 0.25) is 0 Å². The lowest BCUT2D eigenvalue weighted by atomic mass is 9.66. The molecule has 0 aromatic heterocycles. The van der Waals surface area contributed by atoms with Gasteiger partial charge in [0.05, 0.1) is 6.54 Å². The molecule has 0 bridgehead atoms. The number of benzene rings is 1. The molecule has 1 aliphatic heterocycles. The quantitative estimate of drug-likeness (QED) is 0.455. The standard InChI is InChI=1S/C16H30N2O.C8H6F3NO.C2H6/c1-5-15(3,4)17-14(19)10-18-11-16(12-18)8-6-13(2)7-9-16;9-6-1-5(8(10)11)2-7(3-6)12-4-13;1-2/h13H,5-12H2,1-4H3,(H,17,19);1-4,8H,(H,12,13);1-2H3. The van der Waals surface area contributed by atoms with Gasteiger partial charge in [0.25, 0.3) is 6.43 Å². The summed E-state index contributed by atoms with van der Waals surface area (Å²) in [6, 6.07) is 2.70. The maximum Gasteiger partial charge on any atom is 0.264 e. The molecular weight excluding hydrogens is 443 g/mol. The Kier molecular flexibility index (Phi) is 12.1. The van der Waals surface area contributed by atoms with Crippen LogP contribution in [0.4, 0.5) is 18.9 Å². The van der Waals surface area contributed by atoms with Crippen LogP contribution in [0.5, 0.6) is 0 Å². The zero-order valence-electron chi connectivity index (χ0n) is 21.5. The fourth-order valence-corrected chi connectivity index (χ4v) is 4.30. The number of anilines is 1. The zero-order valence-corrected chi connectivity index (χ0v) is 21.5. The minimum absolute atomic E-state index is 0.0188. The number of likely N-dealkylation sites (tertiary alicyclic amines) is 1. The number of rotatable bonds is 7. The van der Waals surface area contributed by atoms with Gasteiger partial charge in [-0.3, -0.25) is 14.5 Å². The highest BCUT2D eigenvalue weighted by atomic mass is 19.3. The van der Waals surface area contributed by atoms with E-state index in [0.717, 1.165) is 43.6 Å². The summed E-state index contributed by atoms with van der Waals surface area (Å²) in [5.41, 5.74) is 0.0575. The molecule has 1 heterocycles. The SMILES string of the molecule is CC.CCC(C)(C)NC(=O)CN1CC2(CCC(C)CC2)C1.O=CNc1cc(F)cc(C(F)F)c1. The van der Waals surface area contributed by atoms with Gasteiger partial charge in [-0.15, -0.1) is 0 Å². The normalized spacial score (nSPS) is 17.6. The maximum absolute atomic E-state index is 12.6. The third-order valence-electron chi connectivity index (χ3n) is 6.58. The number of nitrogens with one attached hydrogen (secondary N) is 2. The van der Waals surface area contributed by atoms with Gasteiger partial charge in [0.15, 0.2) is 0 Å². The largest absolute Gasteiger partial charge is 0.350 e. The van der Waals surface area contributed by atoms with E-state index in [-0.39, 0.29) is 17.1 Å². The number of alkyl halides is 2. The van der Waals surface area contributed by atoms with Crippen molar-refractivity contribution >= 4 is 18.0 Å². The van der Waals surface area contributed by atoms with Crippen molar-refractivity contribution in [2.45, 2.75) is 85.6 Å². The van der Waals surface area contributed by atoms with E-state index in [1.54, 1.807) is 0 Å². The lowest BCUT2D eigenvalue weighted by Gasteiger charge is -2.53. The van der Waals surface area contributed by atoms with E-state index in [9.17, 15) is 22.8 Å². The highest BCUT2D eigenvalue weighted by molar-refractivity contribution is 5.78. The lowest BCUT2D eigenvalue weighted by molar-refractivity contribution is -0.128. The van der Waals surface area contributed by atoms with Gasteiger partial charge in [-0.2, -0.15) is 0 Å². The lowest BCUT2D eigenvalue weighted by Crippen LogP contribution is -2.60. The molecule has 0 unspecified atom stereocenters. The molecule has 2 amide bonds. The number of hydrogen-bond acceptors (Lipinski definition) is 3. The topological polar surface area (TPSA) is 61.4 Å². The van der Waals surface area contributed by atoms with Gasteiger partial charge in [-0.05, 0) is 62.6 Å². The van der Waals surface area contributed by atoms with Crippen LogP contribution in [-0.2, 0) is 9.59 Å². The summed E-state index contributed by atoms with van der Waals surface area (Å²) in [7, 11) is 0. The van der Waals surface area contributed by atoms with Crippen LogP contribution in [0.1, 0.15) is 85.6 Å². The second kappa shape index (κ2) is 13.7. The zero-order chi connectivity index (χ0) is 25.9. The molecule has 194 valence electrons. The summed E-state index contributed by atoms with van der Waals surface area (Å²) in [5.74, 6) is 0.293. The molecule has 2 aliphatic rings. The third-order valence-corrected chi connectivity index (χ3v) is 6.58. The Morgan fingerprint density at radius 1 is 1.21 bits per heavy atom. The first-order chi connectivity index (χ1) is 16.0. The summed E-state index contributed by atoms with van der Waals surface area (Å²) in [4.78, 5) is 24.3. The van der Waals surface area contributed by atoms with Crippen LogP contribution >= 0.6 is 0 Å². The number of carbonyl (C=O) groups excluding carboxylic acids is 2. The van der Waals surface area contributed by atoms with Gasteiger partial charge in [-0.1, -0.05) is 40.5 Å². The van der Waals surface area contributed by atoms with Crippen LogP contribution in [0.25, 0.3) is 0 Å². The van der Waals surface area contributed by atoms with Crippen LogP contribution < -0.4 is 10.6 Å². The van der Waals surface area contributed by atoms with Crippen molar-refractivity contribution in [2.75, 3.05) is 25.0 Å². The molecule has 2 N–H and O–H groups in total. The van der Waals surface area contributed by atoms with Crippen molar-refractivity contribution in [1.82, 2.24) is 10.2 Å². The van der Waals surface area contributed by atoms with Gasteiger partial charge < -0.3 is 10.6 Å². The number of amides is 2. The van der Waals surface area contributed by atoms with E-state index >= 15 is 0 Å². The summed E-state index contributed by atoms with van der Waals surface area (Å²) >= 11 is 0. The first-order valence-electron chi connectivity index (χ1n) is 12.3. The van der Waals surface area contributed by atoms with Crippen LogP contribution in [0.3, 0.4) is 0 Å². The van der Waals surface area contributed by atoms with E-state index in [4.69, 9.17) is 0 Å². The first-order valence-corrected chi connectivity index (χ1v) is 12.3. The first kappa shape index (κ1) is 29.9. The fourth-order valence-electron chi connectivity index (χ4n) is 4.30.